The number of amides is 1. The maximum absolute atomic E-state index is 12.4. The van der Waals surface area contributed by atoms with E-state index in [1.807, 2.05) is 54.6 Å². The lowest BCUT2D eigenvalue weighted by molar-refractivity contribution is 0.0949. The van der Waals surface area contributed by atoms with E-state index in [0.717, 1.165) is 28.2 Å². The van der Waals surface area contributed by atoms with Crippen molar-refractivity contribution in [2.45, 2.75) is 26.9 Å². The van der Waals surface area contributed by atoms with Crippen LogP contribution in [0.15, 0.2) is 72.8 Å². The standard InChI is InChI=1S/C25H25N3O2/c1-18-9-8-14-23(19(18)2)30-16-15-28-22-13-7-6-12-21(22)27-24(28)17-26-25(29)20-10-4-3-5-11-20/h3-14H,15-17H2,1-2H3,(H,26,29). The number of para-hydroxylation sites is 2. The van der Waals surface area contributed by atoms with E-state index in [1.54, 1.807) is 12.1 Å². The molecular formula is C25H25N3O2. The van der Waals surface area contributed by atoms with Crippen LogP contribution in [0.2, 0.25) is 0 Å². The fourth-order valence-electron chi connectivity index (χ4n) is 3.49. The number of aromatic nitrogens is 2. The smallest absolute Gasteiger partial charge is 0.251 e. The number of aryl methyl sites for hydroxylation is 1. The molecule has 0 bridgehead atoms. The number of carbonyl (C=O) groups is 1. The molecule has 1 N–H and O–H groups in total. The molecule has 0 radical (unpaired) electrons. The zero-order valence-electron chi connectivity index (χ0n) is 17.3. The summed E-state index contributed by atoms with van der Waals surface area (Å²) in [4.78, 5) is 17.2. The first-order chi connectivity index (χ1) is 14.6. The van der Waals surface area contributed by atoms with E-state index in [4.69, 9.17) is 9.72 Å². The third-order valence-corrected chi connectivity index (χ3v) is 5.30. The van der Waals surface area contributed by atoms with Gasteiger partial charge in [0.15, 0.2) is 0 Å². The average Bonchev–Trinajstić information content (AvgIpc) is 3.13. The van der Waals surface area contributed by atoms with E-state index < -0.39 is 0 Å². The Morgan fingerprint density at radius 2 is 1.73 bits per heavy atom. The van der Waals surface area contributed by atoms with Crippen LogP contribution in [0.4, 0.5) is 0 Å². The van der Waals surface area contributed by atoms with Gasteiger partial charge in [-0.2, -0.15) is 0 Å². The lowest BCUT2D eigenvalue weighted by Gasteiger charge is -2.13. The second-order valence-electron chi connectivity index (χ2n) is 7.26. The first-order valence-electron chi connectivity index (χ1n) is 10.1. The van der Waals surface area contributed by atoms with Crippen LogP contribution in [0.5, 0.6) is 5.75 Å². The Morgan fingerprint density at radius 1 is 0.967 bits per heavy atom. The molecule has 4 aromatic rings. The van der Waals surface area contributed by atoms with Crippen LogP contribution in [0.1, 0.15) is 27.3 Å². The highest BCUT2D eigenvalue weighted by Gasteiger charge is 2.13. The Balaban J connectivity index is 1.50. The Kier molecular flexibility index (Phi) is 5.80. The Hall–Kier alpha value is -3.60. The Bertz CT molecular complexity index is 1170. The van der Waals surface area contributed by atoms with Crippen LogP contribution in [-0.4, -0.2) is 22.1 Å². The zero-order valence-corrected chi connectivity index (χ0v) is 17.3. The molecule has 1 heterocycles. The van der Waals surface area contributed by atoms with Crippen molar-refractivity contribution < 1.29 is 9.53 Å². The van der Waals surface area contributed by atoms with Crippen LogP contribution in [0.3, 0.4) is 0 Å². The van der Waals surface area contributed by atoms with Crippen molar-refractivity contribution in [2.24, 2.45) is 0 Å². The number of hydrogen-bond acceptors (Lipinski definition) is 3. The van der Waals surface area contributed by atoms with Crippen molar-refractivity contribution in [2.75, 3.05) is 6.61 Å². The van der Waals surface area contributed by atoms with Gasteiger partial charge in [0.1, 0.15) is 18.2 Å². The van der Waals surface area contributed by atoms with Gasteiger partial charge in [0, 0.05) is 5.56 Å². The van der Waals surface area contributed by atoms with Crippen LogP contribution in [-0.2, 0) is 13.1 Å². The second kappa shape index (κ2) is 8.82. The third kappa shape index (κ3) is 4.20. The first kappa shape index (κ1) is 19.7. The number of nitrogens with zero attached hydrogens (tertiary/aromatic N) is 2. The molecule has 0 spiro atoms. The van der Waals surface area contributed by atoms with E-state index >= 15 is 0 Å². The van der Waals surface area contributed by atoms with Gasteiger partial charge in [0.05, 0.1) is 24.1 Å². The summed E-state index contributed by atoms with van der Waals surface area (Å²) in [6, 6.07) is 23.3. The molecule has 0 aliphatic carbocycles. The minimum absolute atomic E-state index is 0.110. The van der Waals surface area contributed by atoms with Crippen molar-refractivity contribution in [1.29, 1.82) is 0 Å². The molecule has 0 aliphatic rings. The van der Waals surface area contributed by atoms with Crippen LogP contribution in [0.25, 0.3) is 11.0 Å². The van der Waals surface area contributed by atoms with Crippen LogP contribution in [0, 0.1) is 13.8 Å². The average molecular weight is 399 g/mol. The summed E-state index contributed by atoms with van der Waals surface area (Å²) in [5, 5.41) is 2.98. The van der Waals surface area contributed by atoms with Gasteiger partial charge in [-0.1, -0.05) is 42.5 Å². The van der Waals surface area contributed by atoms with Crippen molar-refractivity contribution in [3.63, 3.8) is 0 Å². The SMILES string of the molecule is Cc1cccc(OCCn2c(CNC(=O)c3ccccc3)nc3ccccc32)c1C. The van der Waals surface area contributed by atoms with E-state index in [2.05, 4.69) is 29.8 Å². The predicted molar refractivity (Wildman–Crippen MR) is 119 cm³/mol. The lowest BCUT2D eigenvalue weighted by atomic mass is 10.1. The maximum atomic E-state index is 12.4. The summed E-state index contributed by atoms with van der Waals surface area (Å²) in [5.41, 5.74) is 4.95. The number of rotatable bonds is 7. The monoisotopic (exact) mass is 399 g/mol. The fraction of sp³-hybridized carbons (Fsp3) is 0.200. The number of ether oxygens (including phenoxy) is 1. The molecular weight excluding hydrogens is 374 g/mol. The molecule has 1 amide bonds. The van der Waals surface area contributed by atoms with E-state index in [-0.39, 0.29) is 5.91 Å². The molecule has 5 nitrogen and oxygen atoms in total. The summed E-state index contributed by atoms with van der Waals surface area (Å²) >= 11 is 0. The highest BCUT2D eigenvalue weighted by atomic mass is 16.5. The van der Waals surface area contributed by atoms with Gasteiger partial charge in [-0.25, -0.2) is 4.98 Å². The molecule has 152 valence electrons. The topological polar surface area (TPSA) is 56.1 Å². The van der Waals surface area contributed by atoms with Gasteiger partial charge in [0.2, 0.25) is 0 Å². The van der Waals surface area contributed by atoms with Gasteiger partial charge in [-0.15, -0.1) is 0 Å². The minimum atomic E-state index is -0.110. The van der Waals surface area contributed by atoms with Gasteiger partial charge >= 0.3 is 0 Å². The van der Waals surface area contributed by atoms with Gasteiger partial charge in [-0.3, -0.25) is 4.79 Å². The van der Waals surface area contributed by atoms with Crippen molar-refractivity contribution in [3.05, 3.63) is 95.3 Å². The summed E-state index contributed by atoms with van der Waals surface area (Å²) in [7, 11) is 0. The maximum Gasteiger partial charge on any atom is 0.251 e. The predicted octanol–water partition coefficient (Wildman–Crippen LogP) is 4.66. The van der Waals surface area contributed by atoms with E-state index in [9.17, 15) is 4.79 Å². The number of fused-ring (bicyclic) bond motifs is 1. The van der Waals surface area contributed by atoms with Crippen molar-refractivity contribution in [1.82, 2.24) is 14.9 Å². The number of nitrogens with one attached hydrogen (secondary N) is 1. The fourth-order valence-corrected chi connectivity index (χ4v) is 3.49. The molecule has 0 atom stereocenters. The van der Waals surface area contributed by atoms with E-state index in [0.29, 0.717) is 25.3 Å². The molecule has 0 saturated carbocycles. The second-order valence-corrected chi connectivity index (χ2v) is 7.26. The Morgan fingerprint density at radius 3 is 2.57 bits per heavy atom. The number of imidazole rings is 1. The Labute approximate surface area is 176 Å². The van der Waals surface area contributed by atoms with Crippen molar-refractivity contribution in [3.8, 4) is 5.75 Å². The highest BCUT2D eigenvalue weighted by molar-refractivity contribution is 5.94. The molecule has 3 aromatic carbocycles. The number of benzene rings is 3. The number of hydrogen-bond donors (Lipinski definition) is 1. The summed E-state index contributed by atoms with van der Waals surface area (Å²) in [6.07, 6.45) is 0. The molecule has 1 aromatic heterocycles. The number of carbonyl (C=O) groups excluding carboxylic acids is 1. The first-order valence-corrected chi connectivity index (χ1v) is 10.1. The summed E-state index contributed by atoms with van der Waals surface area (Å²) in [5.74, 6) is 1.60. The largest absolute Gasteiger partial charge is 0.491 e. The molecule has 0 fully saturated rings. The molecule has 5 heteroatoms. The van der Waals surface area contributed by atoms with Crippen LogP contribution >= 0.6 is 0 Å². The van der Waals surface area contributed by atoms with Gasteiger partial charge in [0.25, 0.3) is 5.91 Å². The molecule has 4 rings (SSSR count). The zero-order chi connectivity index (χ0) is 20.9. The van der Waals surface area contributed by atoms with Crippen LogP contribution < -0.4 is 10.1 Å². The molecule has 30 heavy (non-hydrogen) atoms. The lowest BCUT2D eigenvalue weighted by Crippen LogP contribution is -2.25. The van der Waals surface area contributed by atoms with E-state index in [1.165, 1.54) is 5.56 Å². The third-order valence-electron chi connectivity index (χ3n) is 5.30. The molecule has 0 unspecified atom stereocenters. The van der Waals surface area contributed by atoms with Gasteiger partial charge in [-0.05, 0) is 55.3 Å². The van der Waals surface area contributed by atoms with Gasteiger partial charge < -0.3 is 14.6 Å². The summed E-state index contributed by atoms with van der Waals surface area (Å²) in [6.45, 7) is 5.67. The minimum Gasteiger partial charge on any atom is -0.491 e. The normalized spacial score (nSPS) is 10.9. The highest BCUT2D eigenvalue weighted by Crippen LogP contribution is 2.21. The quantitative estimate of drug-likeness (QED) is 0.492. The molecule has 0 saturated heterocycles. The summed E-state index contributed by atoms with van der Waals surface area (Å²) < 4.78 is 8.17. The van der Waals surface area contributed by atoms with Crippen molar-refractivity contribution >= 4 is 16.9 Å². The molecule has 0 aliphatic heterocycles.